The van der Waals surface area contributed by atoms with Crippen LogP contribution in [0, 0.1) is 5.82 Å². The van der Waals surface area contributed by atoms with Crippen LogP contribution >= 0.6 is 24.8 Å². The second-order valence-electron chi connectivity index (χ2n) is 5.26. The molecule has 1 N–H and O–H groups in total. The first kappa shape index (κ1) is 21.1. The van der Waals surface area contributed by atoms with E-state index in [1.165, 1.54) is 12.1 Å². The number of hydrogen-bond donors (Lipinski definition) is 1. The van der Waals surface area contributed by atoms with Crippen LogP contribution in [0.3, 0.4) is 0 Å². The molecule has 0 bridgehead atoms. The van der Waals surface area contributed by atoms with E-state index in [-0.39, 0.29) is 42.6 Å². The van der Waals surface area contributed by atoms with Crippen molar-refractivity contribution >= 4 is 30.7 Å². The van der Waals surface area contributed by atoms with Crippen LogP contribution in [0.5, 0.6) is 0 Å². The molecule has 0 aliphatic carbocycles. The van der Waals surface area contributed by atoms with E-state index in [2.05, 4.69) is 10.2 Å². The molecule has 4 nitrogen and oxygen atoms in total. The number of hydrogen-bond acceptors (Lipinski definition) is 3. The van der Waals surface area contributed by atoms with Gasteiger partial charge in [0.15, 0.2) is 0 Å². The lowest BCUT2D eigenvalue weighted by Gasteiger charge is -2.31. The lowest BCUT2D eigenvalue weighted by molar-refractivity contribution is -0.133. The van der Waals surface area contributed by atoms with Crippen LogP contribution in [0.15, 0.2) is 24.3 Å². The van der Waals surface area contributed by atoms with E-state index < -0.39 is 0 Å². The van der Waals surface area contributed by atoms with Crippen LogP contribution in [-0.2, 0) is 4.79 Å². The zero-order valence-corrected chi connectivity index (χ0v) is 14.6. The number of nitrogens with one attached hydrogen (secondary N) is 1. The maximum Gasteiger partial charge on any atom is 0.236 e. The predicted octanol–water partition coefficient (Wildman–Crippen LogP) is 2.09. The Hall–Kier alpha value is -0.880. The summed E-state index contributed by atoms with van der Waals surface area (Å²) in [5.74, 6) is -0.153. The van der Waals surface area contributed by atoms with Crippen molar-refractivity contribution in [2.75, 3.05) is 39.8 Å². The minimum Gasteiger partial charge on any atom is -0.338 e. The Morgan fingerprint density at radius 2 is 1.82 bits per heavy atom. The highest BCUT2D eigenvalue weighted by atomic mass is 35.5. The van der Waals surface area contributed by atoms with Gasteiger partial charge >= 0.3 is 0 Å². The van der Waals surface area contributed by atoms with Gasteiger partial charge in [0.2, 0.25) is 5.91 Å². The van der Waals surface area contributed by atoms with Gasteiger partial charge in [0.1, 0.15) is 5.82 Å². The monoisotopic (exact) mass is 351 g/mol. The van der Waals surface area contributed by atoms with E-state index in [0.717, 1.165) is 31.7 Å². The summed E-state index contributed by atoms with van der Waals surface area (Å²) in [4.78, 5) is 16.2. The van der Waals surface area contributed by atoms with Crippen molar-refractivity contribution in [3.8, 4) is 0 Å². The molecule has 0 saturated carbocycles. The van der Waals surface area contributed by atoms with E-state index in [0.29, 0.717) is 6.54 Å². The molecule has 22 heavy (non-hydrogen) atoms. The number of rotatable bonds is 4. The number of halogens is 3. The Labute approximate surface area is 143 Å². The summed E-state index contributed by atoms with van der Waals surface area (Å²) < 4.78 is 12.9. The minimum absolute atomic E-state index is 0. The Morgan fingerprint density at radius 1 is 1.27 bits per heavy atom. The second-order valence-corrected chi connectivity index (χ2v) is 5.26. The van der Waals surface area contributed by atoms with Gasteiger partial charge < -0.3 is 10.2 Å². The maximum atomic E-state index is 12.9. The lowest BCUT2D eigenvalue weighted by atomic mass is 10.1. The number of benzene rings is 1. The quantitative estimate of drug-likeness (QED) is 0.902. The largest absolute Gasteiger partial charge is 0.338 e. The van der Waals surface area contributed by atoms with E-state index in [1.54, 1.807) is 24.1 Å². The molecule has 2 rings (SSSR count). The van der Waals surface area contributed by atoms with E-state index >= 15 is 0 Å². The Morgan fingerprint density at radius 3 is 2.36 bits per heavy atom. The van der Waals surface area contributed by atoms with E-state index in [9.17, 15) is 9.18 Å². The number of likely N-dealkylation sites (N-methyl/N-ethyl adjacent to an activating group) is 1. The molecular weight excluding hydrogens is 328 g/mol. The summed E-state index contributed by atoms with van der Waals surface area (Å²) in [6.45, 7) is 6.09. The van der Waals surface area contributed by atoms with Gasteiger partial charge in [0, 0.05) is 33.2 Å². The van der Waals surface area contributed by atoms with E-state index in [4.69, 9.17) is 0 Å². The number of piperazine rings is 1. The fraction of sp³-hybridized carbons (Fsp3) is 0.533. The van der Waals surface area contributed by atoms with Crippen molar-refractivity contribution in [1.82, 2.24) is 15.1 Å². The SMILES string of the molecule is CC(c1ccc(F)cc1)N(C)C(=O)CN1CCNCC1.Cl.Cl. The average Bonchev–Trinajstić information content (AvgIpc) is 2.47. The molecule has 1 heterocycles. The van der Waals surface area contributed by atoms with Gasteiger partial charge in [-0.25, -0.2) is 4.39 Å². The summed E-state index contributed by atoms with van der Waals surface area (Å²) in [5, 5.41) is 3.27. The van der Waals surface area contributed by atoms with Crippen LogP contribution in [-0.4, -0.2) is 55.5 Å². The Bertz CT molecular complexity index is 453. The standard InChI is InChI=1S/C15H22FN3O.2ClH/c1-12(13-3-5-14(16)6-4-13)18(2)15(20)11-19-9-7-17-8-10-19;;/h3-6,12,17H,7-11H2,1-2H3;2*1H. The van der Waals surface area contributed by atoms with Gasteiger partial charge in [-0.3, -0.25) is 9.69 Å². The van der Waals surface area contributed by atoms with Crippen LogP contribution in [0.1, 0.15) is 18.5 Å². The Kier molecular flexibility index (Phi) is 9.60. The first-order valence-corrected chi connectivity index (χ1v) is 7.02. The highest BCUT2D eigenvalue weighted by Gasteiger charge is 2.20. The molecule has 0 aromatic heterocycles. The average molecular weight is 352 g/mol. The topological polar surface area (TPSA) is 35.6 Å². The second kappa shape index (κ2) is 10.0. The highest BCUT2D eigenvalue weighted by molar-refractivity contribution is 5.85. The molecule has 1 atom stereocenters. The first-order valence-electron chi connectivity index (χ1n) is 7.02. The third kappa shape index (κ3) is 5.72. The summed E-state index contributed by atoms with van der Waals surface area (Å²) >= 11 is 0. The fourth-order valence-corrected chi connectivity index (χ4v) is 2.35. The van der Waals surface area contributed by atoms with Gasteiger partial charge in [-0.1, -0.05) is 12.1 Å². The molecule has 1 saturated heterocycles. The summed E-state index contributed by atoms with van der Waals surface area (Å²) in [7, 11) is 1.80. The molecule has 0 spiro atoms. The molecule has 1 unspecified atom stereocenters. The molecule has 126 valence electrons. The number of nitrogens with zero attached hydrogens (tertiary/aromatic N) is 2. The van der Waals surface area contributed by atoms with Crippen LogP contribution in [0.2, 0.25) is 0 Å². The molecule has 1 amide bonds. The van der Waals surface area contributed by atoms with Gasteiger partial charge in [0.05, 0.1) is 12.6 Å². The zero-order valence-electron chi connectivity index (χ0n) is 12.9. The number of carbonyl (C=O) groups is 1. The predicted molar refractivity (Wildman–Crippen MR) is 91.4 cm³/mol. The summed E-state index contributed by atoms with van der Waals surface area (Å²) in [6, 6.07) is 6.27. The van der Waals surface area contributed by atoms with Crippen molar-refractivity contribution < 1.29 is 9.18 Å². The third-order valence-electron chi connectivity index (χ3n) is 3.90. The summed E-state index contributed by atoms with van der Waals surface area (Å²) in [5.41, 5.74) is 0.947. The smallest absolute Gasteiger partial charge is 0.236 e. The molecule has 1 aromatic carbocycles. The molecule has 1 aromatic rings. The zero-order chi connectivity index (χ0) is 14.5. The van der Waals surface area contributed by atoms with Crippen molar-refractivity contribution in [3.05, 3.63) is 35.6 Å². The van der Waals surface area contributed by atoms with Crippen LogP contribution in [0.25, 0.3) is 0 Å². The maximum absolute atomic E-state index is 12.9. The van der Waals surface area contributed by atoms with Crippen molar-refractivity contribution in [2.45, 2.75) is 13.0 Å². The van der Waals surface area contributed by atoms with Gasteiger partial charge in [-0.05, 0) is 24.6 Å². The molecule has 1 aliphatic rings. The van der Waals surface area contributed by atoms with Gasteiger partial charge in [0.25, 0.3) is 0 Å². The van der Waals surface area contributed by atoms with Crippen molar-refractivity contribution in [1.29, 1.82) is 0 Å². The van der Waals surface area contributed by atoms with Crippen LogP contribution in [0.4, 0.5) is 4.39 Å². The summed E-state index contributed by atoms with van der Waals surface area (Å²) in [6.07, 6.45) is 0. The third-order valence-corrected chi connectivity index (χ3v) is 3.90. The number of carbonyl (C=O) groups excluding carboxylic acids is 1. The molecular formula is C15H24Cl2FN3O. The van der Waals surface area contributed by atoms with Gasteiger partial charge in [-0.15, -0.1) is 24.8 Å². The lowest BCUT2D eigenvalue weighted by Crippen LogP contribution is -2.48. The molecule has 1 aliphatic heterocycles. The molecule has 7 heteroatoms. The molecule has 1 fully saturated rings. The van der Waals surface area contributed by atoms with Crippen molar-refractivity contribution in [2.24, 2.45) is 0 Å². The van der Waals surface area contributed by atoms with Crippen molar-refractivity contribution in [3.63, 3.8) is 0 Å². The fourth-order valence-electron chi connectivity index (χ4n) is 2.35. The van der Waals surface area contributed by atoms with Crippen LogP contribution < -0.4 is 5.32 Å². The Balaban J connectivity index is 0.00000220. The minimum atomic E-state index is -0.254. The normalized spacial score (nSPS) is 16.1. The highest BCUT2D eigenvalue weighted by Crippen LogP contribution is 2.19. The number of amides is 1. The first-order chi connectivity index (χ1) is 9.58. The van der Waals surface area contributed by atoms with E-state index in [1.807, 2.05) is 6.92 Å². The van der Waals surface area contributed by atoms with Gasteiger partial charge in [-0.2, -0.15) is 0 Å². The molecule has 0 radical (unpaired) electrons.